The number of fused-ring (bicyclic) bond motifs is 1. The fourth-order valence-corrected chi connectivity index (χ4v) is 3.34. The topological polar surface area (TPSA) is 102 Å². The lowest BCUT2D eigenvalue weighted by Gasteiger charge is -2.17. The van der Waals surface area contributed by atoms with Crippen LogP contribution in [-0.2, 0) is 11.2 Å². The first-order chi connectivity index (χ1) is 13.3. The van der Waals surface area contributed by atoms with Crippen LogP contribution in [-0.4, -0.2) is 30.1 Å². The Morgan fingerprint density at radius 3 is 2.54 bits per heavy atom. The van der Waals surface area contributed by atoms with Gasteiger partial charge >= 0.3 is 5.97 Å². The summed E-state index contributed by atoms with van der Waals surface area (Å²) in [6.07, 6.45) is 0.570. The molecule has 3 rings (SSSR count). The monoisotopic (exact) mass is 380 g/mol. The number of carbonyl (C=O) groups is 2. The number of nitrogens with one attached hydrogen (secondary N) is 1. The van der Waals surface area contributed by atoms with E-state index in [0.29, 0.717) is 35.9 Å². The summed E-state index contributed by atoms with van der Waals surface area (Å²) in [5.41, 5.74) is 10.2. The van der Waals surface area contributed by atoms with Gasteiger partial charge < -0.3 is 20.9 Å². The van der Waals surface area contributed by atoms with Crippen molar-refractivity contribution in [3.63, 3.8) is 0 Å². The van der Waals surface area contributed by atoms with E-state index < -0.39 is 11.9 Å². The Morgan fingerprint density at radius 1 is 1.29 bits per heavy atom. The number of nitrogens with two attached hydrogens (primary N) is 1. The molecular weight excluding hydrogens is 356 g/mol. The number of aliphatic carboxylic acids is 1. The number of anilines is 1. The molecule has 0 atom stereocenters. The molecule has 2 aromatic carbocycles. The molecule has 0 unspecified atom stereocenters. The van der Waals surface area contributed by atoms with Crippen molar-refractivity contribution in [3.8, 4) is 16.9 Å². The predicted molar refractivity (Wildman–Crippen MR) is 109 cm³/mol. The molecule has 1 amide bonds. The van der Waals surface area contributed by atoms with Crippen molar-refractivity contribution in [1.29, 1.82) is 0 Å². The molecule has 0 fully saturated rings. The Bertz CT molecular complexity index is 946. The van der Waals surface area contributed by atoms with Gasteiger partial charge in [-0.05, 0) is 23.1 Å². The smallest absolute Gasteiger partial charge is 0.332 e. The van der Waals surface area contributed by atoms with Crippen LogP contribution in [0.3, 0.4) is 0 Å². The summed E-state index contributed by atoms with van der Waals surface area (Å²) in [7, 11) is 0. The van der Waals surface area contributed by atoms with E-state index in [9.17, 15) is 9.59 Å². The molecule has 0 saturated heterocycles. The zero-order valence-corrected chi connectivity index (χ0v) is 16.0. The third-order valence-corrected chi connectivity index (χ3v) is 4.91. The zero-order chi connectivity index (χ0) is 20.4. The maximum Gasteiger partial charge on any atom is 0.332 e. The number of hydrogen-bond donors (Lipinski definition) is 3. The van der Waals surface area contributed by atoms with Gasteiger partial charge in [-0.25, -0.2) is 4.79 Å². The minimum absolute atomic E-state index is 0.000977. The van der Waals surface area contributed by atoms with Gasteiger partial charge in [-0.15, -0.1) is 0 Å². The zero-order valence-electron chi connectivity index (χ0n) is 16.0. The molecule has 146 valence electrons. The van der Waals surface area contributed by atoms with Gasteiger partial charge in [0, 0.05) is 35.4 Å². The van der Waals surface area contributed by atoms with Crippen LogP contribution in [0.2, 0.25) is 0 Å². The molecule has 28 heavy (non-hydrogen) atoms. The Balaban J connectivity index is 2.09. The summed E-state index contributed by atoms with van der Waals surface area (Å²) in [5, 5.41) is 12.1. The van der Waals surface area contributed by atoms with E-state index in [1.54, 1.807) is 6.07 Å². The molecule has 0 aliphatic carbocycles. The van der Waals surface area contributed by atoms with Crippen molar-refractivity contribution in [2.75, 3.05) is 18.5 Å². The number of carboxylic acids is 1. The average molecular weight is 380 g/mol. The third kappa shape index (κ3) is 3.71. The van der Waals surface area contributed by atoms with Gasteiger partial charge in [-0.1, -0.05) is 44.7 Å². The van der Waals surface area contributed by atoms with E-state index in [1.165, 1.54) is 5.56 Å². The minimum atomic E-state index is -1.10. The molecule has 6 heteroatoms. The van der Waals surface area contributed by atoms with Gasteiger partial charge in [0.1, 0.15) is 5.75 Å². The maximum absolute atomic E-state index is 12.1. The first kappa shape index (κ1) is 19.5. The summed E-state index contributed by atoms with van der Waals surface area (Å²) in [6.45, 7) is 8.26. The molecule has 0 bridgehead atoms. The van der Waals surface area contributed by atoms with Crippen LogP contribution in [0, 0.1) is 0 Å². The number of rotatable bonds is 7. The number of primary amides is 1. The molecule has 1 aliphatic heterocycles. The van der Waals surface area contributed by atoms with E-state index >= 15 is 0 Å². The quantitative estimate of drug-likeness (QED) is 0.638. The number of amides is 1. The lowest BCUT2D eigenvalue weighted by Crippen LogP contribution is -2.19. The second-order valence-corrected chi connectivity index (χ2v) is 7.16. The van der Waals surface area contributed by atoms with E-state index in [4.69, 9.17) is 15.6 Å². The van der Waals surface area contributed by atoms with Gasteiger partial charge in [-0.2, -0.15) is 0 Å². The number of ether oxygens (including phenoxy) is 1. The summed E-state index contributed by atoms with van der Waals surface area (Å²) in [4.78, 5) is 23.2. The molecule has 6 nitrogen and oxygen atoms in total. The SMILES string of the molecule is C=C(CNc1cc(-c2ccc(C(C)C)cc2)c2c(c1C(N)=O)CCO2)C(=O)O. The van der Waals surface area contributed by atoms with Crippen LogP contribution >= 0.6 is 0 Å². The molecule has 0 aromatic heterocycles. The van der Waals surface area contributed by atoms with E-state index in [1.807, 2.05) is 12.1 Å². The Morgan fingerprint density at radius 2 is 1.96 bits per heavy atom. The van der Waals surface area contributed by atoms with Crippen LogP contribution in [0.1, 0.15) is 41.3 Å². The van der Waals surface area contributed by atoms with Gasteiger partial charge in [0.2, 0.25) is 0 Å². The van der Waals surface area contributed by atoms with Gasteiger partial charge in [0.25, 0.3) is 5.91 Å². The normalized spacial score (nSPS) is 12.4. The Kier molecular flexibility index (Phi) is 5.40. The number of carbonyl (C=O) groups excluding carboxylic acids is 1. The molecule has 1 heterocycles. The van der Waals surface area contributed by atoms with E-state index in [2.05, 4.69) is 37.9 Å². The number of carboxylic acid groups (broad SMARTS) is 1. The van der Waals surface area contributed by atoms with Crippen molar-refractivity contribution >= 4 is 17.6 Å². The van der Waals surface area contributed by atoms with Crippen LogP contribution in [0.25, 0.3) is 11.1 Å². The predicted octanol–water partition coefficient (Wildman–Crippen LogP) is 3.56. The number of benzene rings is 2. The summed E-state index contributed by atoms with van der Waals surface area (Å²) >= 11 is 0. The largest absolute Gasteiger partial charge is 0.492 e. The highest BCUT2D eigenvalue weighted by molar-refractivity contribution is 6.03. The lowest BCUT2D eigenvalue weighted by atomic mass is 9.93. The summed E-state index contributed by atoms with van der Waals surface area (Å²) < 4.78 is 5.82. The lowest BCUT2D eigenvalue weighted by molar-refractivity contribution is -0.132. The molecule has 0 spiro atoms. The standard InChI is InChI=1S/C22H24N2O4/c1-12(2)14-4-6-15(7-5-14)17-10-18(24-11-13(3)22(26)27)19(21(23)25)16-8-9-28-20(16)17/h4-7,10,12,24H,3,8-9,11H2,1-2H3,(H2,23,25)(H,26,27). The fourth-order valence-electron chi connectivity index (χ4n) is 3.34. The van der Waals surface area contributed by atoms with Crippen LogP contribution in [0.15, 0.2) is 42.5 Å². The van der Waals surface area contributed by atoms with Gasteiger partial charge in [0.15, 0.2) is 0 Å². The van der Waals surface area contributed by atoms with Crippen LogP contribution < -0.4 is 15.8 Å². The highest BCUT2D eigenvalue weighted by Crippen LogP contribution is 2.42. The second kappa shape index (κ2) is 7.76. The van der Waals surface area contributed by atoms with Crippen molar-refractivity contribution in [1.82, 2.24) is 0 Å². The molecule has 0 radical (unpaired) electrons. The van der Waals surface area contributed by atoms with Gasteiger partial charge in [0.05, 0.1) is 12.2 Å². The maximum atomic E-state index is 12.1. The number of hydrogen-bond acceptors (Lipinski definition) is 4. The Hall–Kier alpha value is -3.28. The van der Waals surface area contributed by atoms with Crippen molar-refractivity contribution in [2.45, 2.75) is 26.2 Å². The fraction of sp³-hybridized carbons (Fsp3) is 0.273. The van der Waals surface area contributed by atoms with Crippen LogP contribution in [0.4, 0.5) is 5.69 Å². The van der Waals surface area contributed by atoms with E-state index in [0.717, 1.165) is 16.7 Å². The van der Waals surface area contributed by atoms with Crippen molar-refractivity contribution in [3.05, 3.63) is 59.2 Å². The second-order valence-electron chi connectivity index (χ2n) is 7.16. The van der Waals surface area contributed by atoms with Crippen molar-refractivity contribution < 1.29 is 19.4 Å². The van der Waals surface area contributed by atoms with Gasteiger partial charge in [-0.3, -0.25) is 4.79 Å². The molecule has 4 N–H and O–H groups in total. The molecular formula is C22H24N2O4. The van der Waals surface area contributed by atoms with Crippen LogP contribution in [0.5, 0.6) is 5.75 Å². The van der Waals surface area contributed by atoms with Crippen molar-refractivity contribution in [2.24, 2.45) is 5.73 Å². The first-order valence-corrected chi connectivity index (χ1v) is 9.17. The highest BCUT2D eigenvalue weighted by Gasteiger charge is 2.27. The molecule has 0 saturated carbocycles. The first-order valence-electron chi connectivity index (χ1n) is 9.17. The molecule has 1 aliphatic rings. The summed E-state index contributed by atoms with van der Waals surface area (Å²) in [6, 6.07) is 9.99. The average Bonchev–Trinajstić information content (AvgIpc) is 3.14. The Labute approximate surface area is 164 Å². The summed E-state index contributed by atoms with van der Waals surface area (Å²) in [5.74, 6) is -0.588. The minimum Gasteiger partial charge on any atom is -0.492 e. The molecule has 2 aromatic rings. The highest BCUT2D eigenvalue weighted by atomic mass is 16.5. The third-order valence-electron chi connectivity index (χ3n) is 4.91. The van der Waals surface area contributed by atoms with E-state index in [-0.39, 0.29) is 12.1 Å².